The van der Waals surface area contributed by atoms with E-state index in [1.54, 1.807) is 22.8 Å². The van der Waals surface area contributed by atoms with Crippen LogP contribution in [0.4, 0.5) is 4.39 Å². The van der Waals surface area contributed by atoms with Crippen molar-refractivity contribution in [3.8, 4) is 5.69 Å². The molecule has 3 rings (SSSR count). The van der Waals surface area contributed by atoms with Crippen molar-refractivity contribution in [1.82, 2.24) is 14.5 Å². The number of nitrogens with zero attached hydrogens (tertiary/aromatic N) is 3. The average molecular weight is 402 g/mol. The first-order chi connectivity index (χ1) is 13.3. The molecule has 0 aliphatic carbocycles. The predicted molar refractivity (Wildman–Crippen MR) is 106 cm³/mol. The molecule has 0 radical (unpaired) electrons. The van der Waals surface area contributed by atoms with Gasteiger partial charge in [0.2, 0.25) is 0 Å². The Kier molecular flexibility index (Phi) is 5.93. The zero-order chi connectivity index (χ0) is 20.4. The number of hydrogen-bond acceptors (Lipinski definition) is 4. The Morgan fingerprint density at radius 3 is 2.50 bits per heavy atom. The first-order valence-electron chi connectivity index (χ1n) is 8.75. The highest BCUT2D eigenvalue weighted by atomic mass is 35.5. The molecule has 0 atom stereocenters. The van der Waals surface area contributed by atoms with Crippen molar-refractivity contribution >= 4 is 17.4 Å². The highest BCUT2D eigenvalue weighted by molar-refractivity contribution is 6.35. The molecule has 7 heteroatoms. The average Bonchev–Trinajstić information content (AvgIpc) is 2.95. The number of benzene rings is 2. The smallest absolute Gasteiger partial charge is 0.196 e. The first-order valence-corrected chi connectivity index (χ1v) is 9.13. The summed E-state index contributed by atoms with van der Waals surface area (Å²) >= 11 is 6.41. The van der Waals surface area contributed by atoms with Gasteiger partial charge in [-0.2, -0.15) is 0 Å². The van der Waals surface area contributed by atoms with Gasteiger partial charge in [-0.15, -0.1) is 0 Å². The van der Waals surface area contributed by atoms with E-state index in [-0.39, 0.29) is 23.0 Å². The Hall–Kier alpha value is -2.54. The third-order valence-electron chi connectivity index (χ3n) is 4.42. The van der Waals surface area contributed by atoms with Crippen LogP contribution in [0.25, 0.3) is 5.69 Å². The Morgan fingerprint density at radius 1 is 1.21 bits per heavy atom. The van der Waals surface area contributed by atoms with Crippen LogP contribution >= 0.6 is 11.6 Å². The molecule has 1 aromatic heterocycles. The summed E-state index contributed by atoms with van der Waals surface area (Å²) in [5.74, 6) is -0.0642. The number of carbonyl (C=O) groups excluding carboxylic acids is 1. The molecular formula is C21H21ClFN3O2. The third kappa shape index (κ3) is 3.85. The quantitative estimate of drug-likeness (QED) is 0.639. The van der Waals surface area contributed by atoms with Crippen LogP contribution in [0.3, 0.4) is 0 Å². The molecule has 0 bridgehead atoms. The summed E-state index contributed by atoms with van der Waals surface area (Å²) < 4.78 is 15.0. The number of aliphatic hydroxyl groups excluding tert-OH is 1. The van der Waals surface area contributed by atoms with Crippen molar-refractivity contribution in [2.45, 2.75) is 20.1 Å². The summed E-state index contributed by atoms with van der Waals surface area (Å²) in [5, 5.41) is 10.2. The molecule has 0 spiro atoms. The predicted octanol–water partition coefficient (Wildman–Crippen LogP) is 3.76. The zero-order valence-corrected chi connectivity index (χ0v) is 16.7. The third-order valence-corrected chi connectivity index (χ3v) is 4.73. The van der Waals surface area contributed by atoms with Crippen LogP contribution in [0.15, 0.2) is 42.5 Å². The van der Waals surface area contributed by atoms with E-state index in [0.29, 0.717) is 35.0 Å². The summed E-state index contributed by atoms with van der Waals surface area (Å²) in [7, 11) is 3.82. The molecule has 28 heavy (non-hydrogen) atoms. The number of halogens is 2. The fraction of sp³-hybridized carbons (Fsp3) is 0.238. The van der Waals surface area contributed by atoms with E-state index < -0.39 is 5.82 Å². The number of aromatic nitrogens is 2. The lowest BCUT2D eigenvalue weighted by molar-refractivity contribution is 0.103. The summed E-state index contributed by atoms with van der Waals surface area (Å²) in [6.07, 6.45) is 0. The maximum absolute atomic E-state index is 13.3. The van der Waals surface area contributed by atoms with Gasteiger partial charge in [-0.25, -0.2) is 9.37 Å². The van der Waals surface area contributed by atoms with Gasteiger partial charge in [-0.05, 0) is 57.4 Å². The normalized spacial score (nSPS) is 11.2. The number of aliphatic hydroxyl groups is 1. The monoisotopic (exact) mass is 401 g/mol. The van der Waals surface area contributed by atoms with E-state index in [1.807, 2.05) is 25.9 Å². The second kappa shape index (κ2) is 8.22. The van der Waals surface area contributed by atoms with Crippen molar-refractivity contribution in [1.29, 1.82) is 0 Å². The molecule has 5 nitrogen and oxygen atoms in total. The highest BCUT2D eigenvalue weighted by Gasteiger charge is 2.23. The number of aryl methyl sites for hydroxylation is 1. The van der Waals surface area contributed by atoms with Crippen LogP contribution in [0.2, 0.25) is 5.02 Å². The molecule has 0 saturated heterocycles. The van der Waals surface area contributed by atoms with Crippen LogP contribution in [-0.4, -0.2) is 39.4 Å². The molecule has 0 aliphatic rings. The molecule has 1 heterocycles. The van der Waals surface area contributed by atoms with Gasteiger partial charge in [-0.3, -0.25) is 9.36 Å². The van der Waals surface area contributed by atoms with Gasteiger partial charge in [0.25, 0.3) is 0 Å². The molecule has 0 amide bonds. The highest BCUT2D eigenvalue weighted by Crippen LogP contribution is 2.29. The van der Waals surface area contributed by atoms with Crippen LogP contribution in [0.1, 0.15) is 33.1 Å². The lowest BCUT2D eigenvalue weighted by Gasteiger charge is -2.18. The van der Waals surface area contributed by atoms with Gasteiger partial charge in [0.05, 0.1) is 40.8 Å². The van der Waals surface area contributed by atoms with Crippen molar-refractivity contribution in [2.75, 3.05) is 14.1 Å². The minimum atomic E-state index is -0.419. The Labute approximate surface area is 168 Å². The van der Waals surface area contributed by atoms with Gasteiger partial charge in [-0.1, -0.05) is 17.7 Å². The van der Waals surface area contributed by atoms with E-state index in [2.05, 4.69) is 4.98 Å². The first kappa shape index (κ1) is 20.2. The van der Waals surface area contributed by atoms with Crippen molar-refractivity contribution in [2.24, 2.45) is 0 Å². The fourth-order valence-electron chi connectivity index (χ4n) is 3.15. The van der Waals surface area contributed by atoms with E-state index in [9.17, 15) is 14.3 Å². The molecule has 0 unspecified atom stereocenters. The summed E-state index contributed by atoms with van der Waals surface area (Å²) in [5.41, 5.74) is 2.41. The summed E-state index contributed by atoms with van der Waals surface area (Å²) in [6.45, 7) is 2.09. The number of rotatable bonds is 6. The molecular weight excluding hydrogens is 381 g/mol. The maximum atomic E-state index is 13.3. The van der Waals surface area contributed by atoms with Crippen molar-refractivity contribution < 1.29 is 14.3 Å². The lowest BCUT2D eigenvalue weighted by Crippen LogP contribution is -2.18. The molecule has 1 N–H and O–H groups in total. The standard InChI is InChI=1S/C21H21ClFN3O2/c1-13-18(12-27)26(19(24-13)11-25(2)3)17-6-4-5-16(22)20(17)21(28)14-7-9-15(23)10-8-14/h4-10,27H,11-12H2,1-3H3. The Morgan fingerprint density at radius 2 is 1.89 bits per heavy atom. The van der Waals surface area contributed by atoms with Gasteiger partial charge in [0.15, 0.2) is 5.78 Å². The fourth-order valence-corrected chi connectivity index (χ4v) is 3.41. The van der Waals surface area contributed by atoms with Crippen LogP contribution in [0, 0.1) is 12.7 Å². The lowest BCUT2D eigenvalue weighted by atomic mass is 10.0. The van der Waals surface area contributed by atoms with Crippen LogP contribution in [0.5, 0.6) is 0 Å². The second-order valence-electron chi connectivity index (χ2n) is 6.76. The zero-order valence-electron chi connectivity index (χ0n) is 15.9. The summed E-state index contributed by atoms with van der Waals surface area (Å²) in [4.78, 5) is 19.7. The topological polar surface area (TPSA) is 58.4 Å². The molecule has 0 aliphatic heterocycles. The number of ketones is 1. The molecule has 2 aromatic carbocycles. The largest absolute Gasteiger partial charge is 0.390 e. The molecule has 0 saturated carbocycles. The van der Waals surface area contributed by atoms with Gasteiger partial charge in [0, 0.05) is 5.56 Å². The van der Waals surface area contributed by atoms with Gasteiger partial charge >= 0.3 is 0 Å². The minimum absolute atomic E-state index is 0.233. The van der Waals surface area contributed by atoms with E-state index in [0.717, 1.165) is 0 Å². The van der Waals surface area contributed by atoms with Crippen molar-refractivity contribution in [3.63, 3.8) is 0 Å². The van der Waals surface area contributed by atoms with Gasteiger partial charge < -0.3 is 10.0 Å². The van der Waals surface area contributed by atoms with E-state index in [1.165, 1.54) is 24.3 Å². The SMILES string of the molecule is Cc1nc(CN(C)C)n(-c2cccc(Cl)c2C(=O)c2ccc(F)cc2)c1CO. The summed E-state index contributed by atoms with van der Waals surface area (Å²) in [6, 6.07) is 10.5. The minimum Gasteiger partial charge on any atom is -0.390 e. The number of carbonyl (C=O) groups is 1. The van der Waals surface area contributed by atoms with Gasteiger partial charge in [0.1, 0.15) is 11.6 Å². The number of hydrogen-bond donors (Lipinski definition) is 1. The molecule has 0 fully saturated rings. The second-order valence-corrected chi connectivity index (χ2v) is 7.17. The van der Waals surface area contributed by atoms with E-state index >= 15 is 0 Å². The maximum Gasteiger partial charge on any atom is 0.196 e. The molecule has 146 valence electrons. The Balaban J connectivity index is 2.23. The van der Waals surface area contributed by atoms with Crippen LogP contribution in [-0.2, 0) is 13.2 Å². The van der Waals surface area contributed by atoms with E-state index in [4.69, 9.17) is 11.6 Å². The number of imidazole rings is 1. The van der Waals surface area contributed by atoms with Crippen molar-refractivity contribution in [3.05, 3.63) is 81.6 Å². The van der Waals surface area contributed by atoms with Crippen LogP contribution < -0.4 is 0 Å². The Bertz CT molecular complexity index is 1010. The molecule has 3 aromatic rings.